The summed E-state index contributed by atoms with van der Waals surface area (Å²) in [5.74, 6) is -0.993. The van der Waals surface area contributed by atoms with Crippen molar-refractivity contribution in [1.29, 1.82) is 0 Å². The zero-order valence-electron chi connectivity index (χ0n) is 9.98. The summed E-state index contributed by atoms with van der Waals surface area (Å²) >= 11 is 1.24. The van der Waals surface area contributed by atoms with Crippen LogP contribution in [0.15, 0.2) is 0 Å². The number of nitrogens with one attached hydrogen (secondary N) is 1. The third-order valence-electron chi connectivity index (χ3n) is 2.51. The molecule has 0 aliphatic rings. The van der Waals surface area contributed by atoms with E-state index >= 15 is 0 Å². The van der Waals surface area contributed by atoms with Gasteiger partial charge in [0.2, 0.25) is 5.91 Å². The van der Waals surface area contributed by atoms with Crippen LogP contribution in [0.1, 0.15) is 15.4 Å². The number of nitrogen functional groups attached to an aromatic ring is 1. The average Bonchev–Trinajstić information content (AvgIpc) is 2.76. The van der Waals surface area contributed by atoms with E-state index in [2.05, 4.69) is 10.4 Å². The van der Waals surface area contributed by atoms with Crippen LogP contribution in [0.5, 0.6) is 0 Å². The van der Waals surface area contributed by atoms with Crippen molar-refractivity contribution in [3.8, 4) is 0 Å². The molecule has 0 atom stereocenters. The highest BCUT2D eigenvalue weighted by Crippen LogP contribution is 2.35. The van der Waals surface area contributed by atoms with Gasteiger partial charge in [-0.05, 0) is 6.92 Å². The molecule has 2 aromatic heterocycles. The smallest absolute Gasteiger partial charge is 0.264 e. The molecule has 96 valence electrons. The number of primary amides is 1. The van der Waals surface area contributed by atoms with E-state index in [1.54, 1.807) is 11.7 Å². The number of rotatable bonds is 3. The Bertz CT molecular complexity index is 642. The number of amides is 2. The number of nitrogens with two attached hydrogens (primary N) is 2. The summed E-state index contributed by atoms with van der Waals surface area (Å²) in [5.41, 5.74) is 12.1. The van der Waals surface area contributed by atoms with Crippen molar-refractivity contribution in [1.82, 2.24) is 15.1 Å². The molecule has 2 heterocycles. The number of hydrogen-bond acceptors (Lipinski definition) is 5. The van der Waals surface area contributed by atoms with Gasteiger partial charge in [0, 0.05) is 7.05 Å². The number of anilines is 1. The first-order valence-corrected chi connectivity index (χ1v) is 6.01. The van der Waals surface area contributed by atoms with Gasteiger partial charge >= 0.3 is 0 Å². The summed E-state index contributed by atoms with van der Waals surface area (Å²) in [7, 11) is 1.79. The zero-order chi connectivity index (χ0) is 13.4. The fraction of sp³-hybridized carbons (Fsp3) is 0.300. The molecule has 0 radical (unpaired) electrons. The fourth-order valence-electron chi connectivity index (χ4n) is 1.75. The molecule has 0 bridgehead atoms. The van der Waals surface area contributed by atoms with Crippen molar-refractivity contribution in [3.05, 3.63) is 10.6 Å². The minimum absolute atomic E-state index is 0.205. The predicted molar refractivity (Wildman–Crippen MR) is 69.3 cm³/mol. The fourth-order valence-corrected chi connectivity index (χ4v) is 2.85. The van der Waals surface area contributed by atoms with Gasteiger partial charge in [0.25, 0.3) is 5.91 Å². The van der Waals surface area contributed by atoms with Crippen LogP contribution in [0.4, 0.5) is 5.69 Å². The Labute approximate surface area is 107 Å². The second-order valence-corrected chi connectivity index (χ2v) is 4.88. The molecular formula is C10H13N5O2S. The predicted octanol–water partition coefficient (Wildman–Crippen LogP) is -0.259. The molecule has 0 unspecified atom stereocenters. The highest BCUT2D eigenvalue weighted by atomic mass is 32.1. The van der Waals surface area contributed by atoms with E-state index in [9.17, 15) is 9.59 Å². The Morgan fingerprint density at radius 3 is 2.72 bits per heavy atom. The standard InChI is InChI=1S/C10H13N5O2S/c1-4-6-7(12)8(9(17)13-3-5(11)16)18-10(6)15(2)14-4/h3,12H2,1-2H3,(H2,11,16)(H,13,17). The molecular weight excluding hydrogens is 254 g/mol. The molecule has 0 fully saturated rings. The van der Waals surface area contributed by atoms with Crippen molar-refractivity contribution < 1.29 is 9.59 Å². The molecule has 8 heteroatoms. The SMILES string of the molecule is Cc1nn(C)c2sc(C(=O)NCC(N)=O)c(N)c12. The molecule has 0 saturated heterocycles. The van der Waals surface area contributed by atoms with E-state index in [-0.39, 0.29) is 6.54 Å². The van der Waals surface area contributed by atoms with Crippen LogP contribution in [0.2, 0.25) is 0 Å². The van der Waals surface area contributed by atoms with Crippen LogP contribution >= 0.6 is 11.3 Å². The van der Waals surface area contributed by atoms with Crippen LogP contribution in [0, 0.1) is 6.92 Å². The summed E-state index contributed by atoms with van der Waals surface area (Å²) in [4.78, 5) is 23.7. The van der Waals surface area contributed by atoms with Crippen LogP contribution in [0.3, 0.4) is 0 Å². The number of fused-ring (bicyclic) bond motifs is 1. The molecule has 7 nitrogen and oxygen atoms in total. The Hall–Kier alpha value is -2.09. The molecule has 2 aromatic rings. The molecule has 5 N–H and O–H groups in total. The summed E-state index contributed by atoms with van der Waals surface area (Å²) in [6.45, 7) is 1.63. The number of aromatic nitrogens is 2. The molecule has 0 saturated carbocycles. The molecule has 0 aliphatic heterocycles. The second kappa shape index (κ2) is 4.30. The van der Waals surface area contributed by atoms with Crippen molar-refractivity contribution in [2.24, 2.45) is 12.8 Å². The minimum Gasteiger partial charge on any atom is -0.397 e. The lowest BCUT2D eigenvalue weighted by Crippen LogP contribution is -2.33. The highest BCUT2D eigenvalue weighted by molar-refractivity contribution is 7.21. The first-order chi connectivity index (χ1) is 8.41. The zero-order valence-corrected chi connectivity index (χ0v) is 10.8. The lowest BCUT2D eigenvalue weighted by molar-refractivity contribution is -0.117. The van der Waals surface area contributed by atoms with Crippen LogP contribution in [-0.4, -0.2) is 28.1 Å². The topological polar surface area (TPSA) is 116 Å². The van der Waals surface area contributed by atoms with Crippen molar-refractivity contribution in [2.75, 3.05) is 12.3 Å². The van der Waals surface area contributed by atoms with Crippen LogP contribution in [-0.2, 0) is 11.8 Å². The third-order valence-corrected chi connectivity index (χ3v) is 3.78. The van der Waals surface area contributed by atoms with Gasteiger partial charge < -0.3 is 16.8 Å². The summed E-state index contributed by atoms with van der Waals surface area (Å²) in [6.07, 6.45) is 0. The summed E-state index contributed by atoms with van der Waals surface area (Å²) < 4.78 is 1.68. The van der Waals surface area contributed by atoms with Gasteiger partial charge in [-0.1, -0.05) is 0 Å². The van der Waals surface area contributed by atoms with Gasteiger partial charge in [0.1, 0.15) is 9.71 Å². The molecule has 0 spiro atoms. The molecule has 0 aliphatic carbocycles. The van der Waals surface area contributed by atoms with E-state index in [1.165, 1.54) is 11.3 Å². The van der Waals surface area contributed by atoms with E-state index in [0.717, 1.165) is 15.9 Å². The third kappa shape index (κ3) is 1.90. The van der Waals surface area contributed by atoms with Crippen molar-refractivity contribution >= 4 is 39.1 Å². The Morgan fingerprint density at radius 2 is 2.17 bits per heavy atom. The van der Waals surface area contributed by atoms with E-state index in [1.807, 2.05) is 6.92 Å². The summed E-state index contributed by atoms with van der Waals surface area (Å²) in [5, 5.41) is 7.43. The minimum atomic E-state index is -0.596. The van der Waals surface area contributed by atoms with Crippen molar-refractivity contribution in [3.63, 3.8) is 0 Å². The van der Waals surface area contributed by atoms with Gasteiger partial charge in [-0.15, -0.1) is 11.3 Å². The van der Waals surface area contributed by atoms with Gasteiger partial charge in [0.15, 0.2) is 0 Å². The number of aryl methyl sites for hydroxylation is 2. The maximum atomic E-state index is 11.8. The van der Waals surface area contributed by atoms with Crippen LogP contribution in [0.25, 0.3) is 10.2 Å². The number of carbonyl (C=O) groups excluding carboxylic acids is 2. The average molecular weight is 267 g/mol. The van der Waals surface area contributed by atoms with Gasteiger partial charge in [-0.25, -0.2) is 0 Å². The largest absolute Gasteiger partial charge is 0.397 e. The van der Waals surface area contributed by atoms with Crippen molar-refractivity contribution in [2.45, 2.75) is 6.92 Å². The highest BCUT2D eigenvalue weighted by Gasteiger charge is 2.20. The second-order valence-electron chi connectivity index (χ2n) is 3.88. The first-order valence-electron chi connectivity index (χ1n) is 5.20. The number of nitrogens with zero attached hydrogens (tertiary/aromatic N) is 2. The number of hydrogen-bond donors (Lipinski definition) is 3. The quantitative estimate of drug-likeness (QED) is 0.710. The maximum absolute atomic E-state index is 11.8. The lowest BCUT2D eigenvalue weighted by atomic mass is 10.2. The Kier molecular flexibility index (Phi) is 2.95. The van der Waals surface area contributed by atoms with Gasteiger partial charge in [-0.2, -0.15) is 5.10 Å². The molecule has 2 rings (SSSR count). The Balaban J connectivity index is 2.40. The van der Waals surface area contributed by atoms with E-state index in [4.69, 9.17) is 11.5 Å². The van der Waals surface area contributed by atoms with Crippen LogP contribution < -0.4 is 16.8 Å². The molecule has 2 amide bonds. The first kappa shape index (κ1) is 12.4. The molecule has 0 aromatic carbocycles. The maximum Gasteiger partial charge on any atom is 0.264 e. The monoisotopic (exact) mass is 267 g/mol. The normalized spacial score (nSPS) is 10.8. The molecule has 18 heavy (non-hydrogen) atoms. The lowest BCUT2D eigenvalue weighted by Gasteiger charge is -2.01. The summed E-state index contributed by atoms with van der Waals surface area (Å²) in [6, 6.07) is 0. The number of carbonyl (C=O) groups is 2. The van der Waals surface area contributed by atoms with E-state index < -0.39 is 11.8 Å². The van der Waals surface area contributed by atoms with Gasteiger partial charge in [0.05, 0.1) is 23.3 Å². The van der Waals surface area contributed by atoms with Gasteiger partial charge in [-0.3, -0.25) is 14.3 Å². The Morgan fingerprint density at radius 1 is 1.50 bits per heavy atom. The number of thiophene rings is 1. The van der Waals surface area contributed by atoms with E-state index in [0.29, 0.717) is 10.6 Å².